The third-order valence-corrected chi connectivity index (χ3v) is 3.39. The lowest BCUT2D eigenvalue weighted by Crippen LogP contribution is -1.84. The summed E-state index contributed by atoms with van der Waals surface area (Å²) in [5, 5.41) is 0. The van der Waals surface area contributed by atoms with E-state index in [1.165, 1.54) is 36.7 Å². The minimum Gasteiger partial charge on any atom is -0.346 e. The number of allylic oxidation sites excluding steroid dienone is 2. The summed E-state index contributed by atoms with van der Waals surface area (Å²) in [6, 6.07) is 0. The maximum atomic E-state index is 5.75. The molecule has 0 N–H and O–H groups in total. The first-order chi connectivity index (χ1) is 5.85. The Bertz CT molecular complexity index is 113. The molecule has 2 heteroatoms. The van der Waals surface area contributed by atoms with E-state index in [1.807, 2.05) is 0 Å². The third-order valence-electron chi connectivity index (χ3n) is 1.91. The van der Waals surface area contributed by atoms with Crippen LogP contribution in [0.5, 0.6) is 0 Å². The van der Waals surface area contributed by atoms with Crippen molar-refractivity contribution in [1.29, 1.82) is 0 Å². The Hall–Kier alpha value is 0.796. The second-order valence-electron chi connectivity index (χ2n) is 3.19. The summed E-state index contributed by atoms with van der Waals surface area (Å²) in [4.78, 5) is 0. The number of hydrogen-bond donors (Lipinski definition) is 0. The molecule has 0 unspecified atom stereocenters. The minimum atomic E-state index is -0.229. The average molecular weight is 199 g/mol. The second kappa shape index (κ2) is 9.88. The van der Waals surface area contributed by atoms with Crippen LogP contribution in [-0.4, -0.2) is 19.3 Å². The van der Waals surface area contributed by atoms with Gasteiger partial charge < -0.3 is 9.07 Å². The van der Waals surface area contributed by atoms with Crippen molar-refractivity contribution in [3.8, 4) is 0 Å². The fourth-order valence-corrected chi connectivity index (χ4v) is 2.18. The fraction of sp³-hybridized carbons (Fsp3) is 0.800. The van der Waals surface area contributed by atoms with Crippen LogP contribution in [0.3, 0.4) is 0 Å². The van der Waals surface area contributed by atoms with Gasteiger partial charge in [-0.05, 0) is 12.8 Å². The summed E-state index contributed by atoms with van der Waals surface area (Å²) in [7, 11) is 5.75. The molecule has 0 saturated heterocycles. The summed E-state index contributed by atoms with van der Waals surface area (Å²) in [6.07, 6.45) is 8.79. The van der Waals surface area contributed by atoms with Crippen molar-refractivity contribution < 1.29 is 0 Å². The van der Waals surface area contributed by atoms with Crippen molar-refractivity contribution in [3.05, 3.63) is 11.6 Å². The van der Waals surface area contributed by atoms with E-state index >= 15 is 0 Å². The Balaban J connectivity index is 3.64. The van der Waals surface area contributed by atoms with Crippen LogP contribution in [0.1, 0.15) is 46.0 Å². The monoisotopic (exact) mass is 198 g/mol. The van der Waals surface area contributed by atoms with Crippen LogP contribution < -0.4 is 0 Å². The normalized spacial score (nSPS) is 9.25. The van der Waals surface area contributed by atoms with E-state index in [1.54, 1.807) is 5.57 Å². The van der Waals surface area contributed by atoms with Gasteiger partial charge in [0.15, 0.2) is 0 Å². The van der Waals surface area contributed by atoms with Crippen molar-refractivity contribution in [2.45, 2.75) is 50.5 Å². The van der Waals surface area contributed by atoms with Crippen LogP contribution in [0.15, 0.2) is 11.6 Å². The highest BCUT2D eigenvalue weighted by Crippen LogP contribution is 2.13. The predicted molar refractivity (Wildman–Crippen MR) is 58.9 cm³/mol. The zero-order valence-corrected chi connectivity index (χ0v) is 10.6. The molecule has 0 aliphatic rings. The number of hydrogen-bond acceptors (Lipinski definition) is 0. The van der Waals surface area contributed by atoms with E-state index in [0.29, 0.717) is 0 Å². The van der Waals surface area contributed by atoms with Gasteiger partial charge in [-0.3, -0.25) is 0 Å². The molecule has 0 atom stereocenters. The Morgan fingerprint density at radius 1 is 1.25 bits per heavy atom. The minimum absolute atomic E-state index is 0.229. The molecule has 0 spiro atoms. The summed E-state index contributed by atoms with van der Waals surface area (Å²) in [5.74, 6) is 0. The van der Waals surface area contributed by atoms with E-state index in [-0.39, 0.29) is 19.3 Å². The Kier molecular flexibility index (Phi) is 10.5. The topological polar surface area (TPSA) is 0 Å². The molecule has 0 aromatic carbocycles. The molecule has 0 aromatic heterocycles. The van der Waals surface area contributed by atoms with Gasteiger partial charge in [-0.25, -0.2) is 0 Å². The molecule has 0 bridgehead atoms. The van der Waals surface area contributed by atoms with Gasteiger partial charge in [0.25, 0.3) is 0 Å². The standard InChI is InChI=1S/C10H19.ClH.Mg/c1-4-7-10(8-5-2)9-6-3;;/h7H,1,4-6,8-9H2,2-3H3;1H;/q;;+1/p-1. The van der Waals surface area contributed by atoms with Crippen molar-refractivity contribution >= 4 is 28.3 Å². The zero-order chi connectivity index (χ0) is 9.23. The molecule has 0 aromatic rings. The van der Waals surface area contributed by atoms with Gasteiger partial charge in [0.2, 0.25) is 0 Å². The quantitative estimate of drug-likeness (QED) is 0.327. The van der Waals surface area contributed by atoms with Crippen molar-refractivity contribution in [2.24, 2.45) is 0 Å². The molecule has 0 rings (SSSR count). The van der Waals surface area contributed by atoms with E-state index in [2.05, 4.69) is 19.9 Å². The lowest BCUT2D eigenvalue weighted by atomic mass is 10.0. The molecule has 0 nitrogen and oxygen atoms in total. The summed E-state index contributed by atoms with van der Waals surface area (Å²) >= 11 is -0.229. The molecule has 0 heterocycles. The van der Waals surface area contributed by atoms with Gasteiger partial charge >= 0.3 is 19.3 Å². The van der Waals surface area contributed by atoms with E-state index in [4.69, 9.17) is 9.07 Å². The van der Waals surface area contributed by atoms with Gasteiger partial charge in [-0.15, -0.1) is 4.55 Å². The second-order valence-corrected chi connectivity index (χ2v) is 5.41. The van der Waals surface area contributed by atoms with Crippen molar-refractivity contribution in [3.63, 3.8) is 0 Å². The van der Waals surface area contributed by atoms with Crippen LogP contribution in [0.2, 0.25) is 4.55 Å². The molecule has 0 amide bonds. The van der Waals surface area contributed by atoms with Gasteiger partial charge in [-0.2, -0.15) is 0 Å². The van der Waals surface area contributed by atoms with Crippen LogP contribution in [0.25, 0.3) is 0 Å². The lowest BCUT2D eigenvalue weighted by molar-refractivity contribution is 0.795. The fourth-order valence-electron chi connectivity index (χ4n) is 1.35. The van der Waals surface area contributed by atoms with Crippen LogP contribution in [0, 0.1) is 0 Å². The highest BCUT2D eigenvalue weighted by molar-refractivity contribution is 6.93. The molecule has 68 valence electrons. The largest absolute Gasteiger partial charge is 0.501 e. The zero-order valence-electron chi connectivity index (χ0n) is 8.41. The third kappa shape index (κ3) is 7.45. The maximum absolute atomic E-state index is 5.75. The van der Waals surface area contributed by atoms with E-state index in [9.17, 15) is 0 Å². The smallest absolute Gasteiger partial charge is 0.346 e. The first kappa shape index (κ1) is 12.8. The Morgan fingerprint density at radius 2 is 1.83 bits per heavy atom. The SMILES string of the molecule is CCCC(=CC[CH2][Mg][Cl])CCC. The molecule has 0 aliphatic heterocycles. The summed E-state index contributed by atoms with van der Waals surface area (Å²) < 4.78 is 1.26. The van der Waals surface area contributed by atoms with Crippen molar-refractivity contribution in [2.75, 3.05) is 0 Å². The molecule has 0 radical (unpaired) electrons. The summed E-state index contributed by atoms with van der Waals surface area (Å²) in [6.45, 7) is 4.50. The maximum Gasteiger partial charge on any atom is 0.501 e. The highest BCUT2D eigenvalue weighted by Gasteiger charge is 1.94. The molecular formula is C10H19ClMg. The van der Waals surface area contributed by atoms with Gasteiger partial charge in [0.05, 0.1) is 0 Å². The first-order valence-electron chi connectivity index (χ1n) is 5.09. The Labute approximate surface area is 90.3 Å². The average Bonchev–Trinajstić information content (AvgIpc) is 2.06. The number of halogens is 1. The van der Waals surface area contributed by atoms with Crippen molar-refractivity contribution in [1.82, 2.24) is 0 Å². The first-order valence-corrected chi connectivity index (χ1v) is 8.22. The van der Waals surface area contributed by atoms with Crippen LogP contribution in [-0.2, 0) is 0 Å². The van der Waals surface area contributed by atoms with Gasteiger partial charge in [-0.1, -0.05) is 44.8 Å². The van der Waals surface area contributed by atoms with Gasteiger partial charge in [0.1, 0.15) is 0 Å². The molecule has 0 saturated carbocycles. The number of rotatable bonds is 7. The highest BCUT2D eigenvalue weighted by atomic mass is 35.5. The lowest BCUT2D eigenvalue weighted by Gasteiger charge is -2.03. The predicted octanol–water partition coefficient (Wildman–Crippen LogP) is 4.18. The molecule has 0 aliphatic carbocycles. The molecular weight excluding hydrogens is 180 g/mol. The van der Waals surface area contributed by atoms with E-state index < -0.39 is 0 Å². The molecule has 12 heavy (non-hydrogen) atoms. The molecule has 0 fully saturated rings. The Morgan fingerprint density at radius 3 is 2.25 bits per heavy atom. The summed E-state index contributed by atoms with van der Waals surface area (Å²) in [5.41, 5.74) is 1.65. The van der Waals surface area contributed by atoms with Gasteiger partial charge in [0, 0.05) is 0 Å². The van der Waals surface area contributed by atoms with E-state index in [0.717, 1.165) is 0 Å². The van der Waals surface area contributed by atoms with Crippen LogP contribution in [0.4, 0.5) is 0 Å². The van der Waals surface area contributed by atoms with Crippen LogP contribution >= 0.6 is 9.07 Å².